The van der Waals surface area contributed by atoms with E-state index in [9.17, 15) is 39.6 Å². The van der Waals surface area contributed by atoms with Crippen LogP contribution in [0.25, 0.3) is 16.9 Å². The Bertz CT molecular complexity index is 1560. The van der Waals surface area contributed by atoms with Crippen molar-refractivity contribution in [1.29, 1.82) is 0 Å². The molecule has 2 aromatic heterocycles. The summed E-state index contributed by atoms with van der Waals surface area (Å²) in [7, 11) is -3.21. The molecular weight excluding hydrogens is 572 g/mol. The molecule has 1 aliphatic rings. The van der Waals surface area contributed by atoms with Gasteiger partial charge < -0.3 is 15.5 Å². The first-order chi connectivity index (χ1) is 18.3. The van der Waals surface area contributed by atoms with E-state index in [-0.39, 0.29) is 34.2 Å². The average Bonchev–Trinajstić information content (AvgIpc) is 3.27. The number of carbonyl (C=O) groups is 1. The maximum absolute atomic E-state index is 13.8. The standard InChI is InChI=1S/C22H23F6N7O4S/c1-12-4-5-13(10-14(12)15-11-30-17-16(29)31-18(21(23,24)25)32-34(15)17)40(37,38)35(39-19(36)22(26,27)28)20(2)6-8-33(3)9-7-20/h4-5,10-11H,6-9H2,1-3H3,(H2,29,31,32). The number of halogens is 6. The number of anilines is 1. The highest BCUT2D eigenvalue weighted by Gasteiger charge is 2.50. The minimum absolute atomic E-state index is 0.0235. The van der Waals surface area contributed by atoms with Crippen molar-refractivity contribution in [2.45, 2.75) is 49.5 Å². The molecule has 0 atom stereocenters. The SMILES string of the molecule is Cc1ccc(S(=O)(=O)N(OC(=O)C(F)(F)F)C2(C)CCN(C)CC2)cc1-c1cnc2c(N)nc(C(F)(F)F)nn12. The number of hydrogen-bond acceptors (Lipinski definition) is 9. The molecular formula is C22H23F6N7O4S. The smallest absolute Gasteiger partial charge is 0.380 e. The summed E-state index contributed by atoms with van der Waals surface area (Å²) in [5, 5.41) is 3.45. The number of nitrogens with zero attached hydrogens (tertiary/aromatic N) is 6. The number of imidazole rings is 1. The van der Waals surface area contributed by atoms with Crippen LogP contribution in [-0.2, 0) is 25.8 Å². The molecule has 4 rings (SSSR count). The van der Waals surface area contributed by atoms with Crippen LogP contribution in [0.15, 0.2) is 29.3 Å². The lowest BCUT2D eigenvalue weighted by Gasteiger charge is -2.43. The fraction of sp³-hybridized carbons (Fsp3) is 0.455. The fourth-order valence-corrected chi connectivity index (χ4v) is 5.83. The second-order valence-electron chi connectivity index (χ2n) is 9.58. The van der Waals surface area contributed by atoms with E-state index in [0.29, 0.717) is 18.7 Å². The van der Waals surface area contributed by atoms with Crippen molar-refractivity contribution in [3.63, 3.8) is 0 Å². The monoisotopic (exact) mass is 595 g/mol. The summed E-state index contributed by atoms with van der Waals surface area (Å²) >= 11 is 0. The van der Waals surface area contributed by atoms with Gasteiger partial charge in [-0.3, -0.25) is 0 Å². The van der Waals surface area contributed by atoms with Gasteiger partial charge in [0, 0.05) is 5.56 Å². The zero-order chi connectivity index (χ0) is 29.8. The molecule has 218 valence electrons. The van der Waals surface area contributed by atoms with E-state index in [2.05, 4.69) is 19.9 Å². The zero-order valence-corrected chi connectivity index (χ0v) is 22.0. The van der Waals surface area contributed by atoms with E-state index in [1.807, 2.05) is 4.90 Å². The third-order valence-electron chi connectivity index (χ3n) is 6.55. The quantitative estimate of drug-likeness (QED) is 0.348. The summed E-state index contributed by atoms with van der Waals surface area (Å²) in [5.41, 5.74) is 4.13. The van der Waals surface area contributed by atoms with Crippen LogP contribution in [0.3, 0.4) is 0 Å². The van der Waals surface area contributed by atoms with Crippen LogP contribution in [0, 0.1) is 6.92 Å². The molecule has 1 aliphatic heterocycles. The first-order valence-electron chi connectivity index (χ1n) is 11.6. The average molecular weight is 596 g/mol. The maximum Gasteiger partial charge on any atom is 0.492 e. The van der Waals surface area contributed by atoms with Crippen LogP contribution >= 0.6 is 0 Å². The Morgan fingerprint density at radius 2 is 1.77 bits per heavy atom. The molecule has 0 spiro atoms. The highest BCUT2D eigenvalue weighted by Crippen LogP contribution is 2.37. The largest absolute Gasteiger partial charge is 0.492 e. The van der Waals surface area contributed by atoms with E-state index < -0.39 is 50.4 Å². The molecule has 0 bridgehead atoms. The number of aryl methyl sites for hydroxylation is 1. The van der Waals surface area contributed by atoms with Crippen molar-refractivity contribution in [1.82, 2.24) is 29.0 Å². The van der Waals surface area contributed by atoms with Gasteiger partial charge in [-0.1, -0.05) is 6.07 Å². The molecule has 2 N–H and O–H groups in total. The molecule has 0 amide bonds. The van der Waals surface area contributed by atoms with Crippen molar-refractivity contribution < 1.29 is 44.4 Å². The molecule has 11 nitrogen and oxygen atoms in total. The van der Waals surface area contributed by atoms with Crippen LogP contribution < -0.4 is 5.73 Å². The van der Waals surface area contributed by atoms with Crippen LogP contribution in [0.2, 0.25) is 0 Å². The minimum Gasteiger partial charge on any atom is -0.380 e. The number of aromatic nitrogens is 4. The minimum atomic E-state index is -5.49. The van der Waals surface area contributed by atoms with Crippen molar-refractivity contribution >= 4 is 27.5 Å². The fourth-order valence-electron chi connectivity index (χ4n) is 4.20. The highest BCUT2D eigenvalue weighted by molar-refractivity contribution is 7.89. The topological polar surface area (TPSA) is 136 Å². The van der Waals surface area contributed by atoms with Gasteiger partial charge in [0.25, 0.3) is 15.8 Å². The molecule has 1 fully saturated rings. The molecule has 0 unspecified atom stereocenters. The molecule has 3 heterocycles. The number of sulfonamides is 1. The zero-order valence-electron chi connectivity index (χ0n) is 21.2. The van der Waals surface area contributed by atoms with Gasteiger partial charge in [-0.05, 0) is 69.0 Å². The predicted molar refractivity (Wildman–Crippen MR) is 127 cm³/mol. The lowest BCUT2D eigenvalue weighted by atomic mass is 9.91. The number of rotatable bonds is 5. The Morgan fingerprint density at radius 1 is 1.15 bits per heavy atom. The van der Waals surface area contributed by atoms with E-state index in [4.69, 9.17) is 5.73 Å². The Hall–Kier alpha value is -3.51. The summed E-state index contributed by atoms with van der Waals surface area (Å²) in [6.45, 7) is 3.48. The number of nitrogen functional groups attached to an aromatic ring is 1. The summed E-state index contributed by atoms with van der Waals surface area (Å²) < 4.78 is 108. The molecule has 40 heavy (non-hydrogen) atoms. The number of hydroxylamine groups is 1. The van der Waals surface area contributed by atoms with Gasteiger partial charge in [-0.2, -0.15) is 26.3 Å². The number of fused-ring (bicyclic) bond motifs is 1. The summed E-state index contributed by atoms with van der Waals surface area (Å²) in [6.07, 6.45) is -9.28. The van der Waals surface area contributed by atoms with Crippen LogP contribution in [0.5, 0.6) is 0 Å². The summed E-state index contributed by atoms with van der Waals surface area (Å²) in [5.74, 6) is -4.88. The van der Waals surface area contributed by atoms with E-state index in [1.165, 1.54) is 19.9 Å². The number of benzene rings is 1. The molecule has 1 aromatic carbocycles. The predicted octanol–water partition coefficient (Wildman–Crippen LogP) is 3.20. The van der Waals surface area contributed by atoms with Crippen molar-refractivity contribution in [2.75, 3.05) is 25.9 Å². The first kappa shape index (κ1) is 29.5. The highest BCUT2D eigenvalue weighted by atomic mass is 32.2. The van der Waals surface area contributed by atoms with Crippen molar-refractivity contribution in [3.8, 4) is 11.3 Å². The molecule has 0 saturated carbocycles. The molecule has 1 saturated heterocycles. The third kappa shape index (κ3) is 5.42. The number of likely N-dealkylation sites (tertiary alicyclic amines) is 1. The van der Waals surface area contributed by atoms with Crippen molar-refractivity contribution in [3.05, 3.63) is 35.8 Å². The number of hydrogen-bond donors (Lipinski definition) is 1. The van der Waals surface area contributed by atoms with Crippen LogP contribution in [0.4, 0.5) is 32.2 Å². The van der Waals surface area contributed by atoms with Gasteiger partial charge >= 0.3 is 18.3 Å². The lowest BCUT2D eigenvalue weighted by molar-refractivity contribution is -0.236. The molecule has 3 aromatic rings. The van der Waals surface area contributed by atoms with E-state index in [1.54, 1.807) is 7.05 Å². The Morgan fingerprint density at radius 3 is 2.35 bits per heavy atom. The lowest BCUT2D eigenvalue weighted by Crippen LogP contribution is -2.56. The van der Waals surface area contributed by atoms with Gasteiger partial charge in [0.15, 0.2) is 11.5 Å². The second-order valence-corrected chi connectivity index (χ2v) is 11.3. The summed E-state index contributed by atoms with van der Waals surface area (Å²) in [4.78, 5) is 24.7. The van der Waals surface area contributed by atoms with Crippen LogP contribution in [0.1, 0.15) is 31.2 Å². The van der Waals surface area contributed by atoms with E-state index >= 15 is 0 Å². The third-order valence-corrected chi connectivity index (χ3v) is 8.35. The van der Waals surface area contributed by atoms with Gasteiger partial charge in [0.1, 0.15) is 0 Å². The molecule has 0 radical (unpaired) electrons. The normalized spacial score (nSPS) is 16.9. The first-order valence-corrected chi connectivity index (χ1v) is 13.0. The Kier molecular flexibility index (Phi) is 7.25. The second kappa shape index (κ2) is 9.84. The Balaban J connectivity index is 1.86. The molecule has 18 heteroatoms. The van der Waals surface area contributed by atoms with Gasteiger partial charge in [-0.15, -0.1) is 5.10 Å². The number of piperidine rings is 1. The summed E-state index contributed by atoms with van der Waals surface area (Å²) in [6, 6.07) is 3.39. The number of nitrogens with two attached hydrogens (primary N) is 1. The number of alkyl halides is 6. The van der Waals surface area contributed by atoms with Gasteiger partial charge in [0.05, 0.1) is 22.3 Å². The van der Waals surface area contributed by atoms with Gasteiger partial charge in [0.2, 0.25) is 0 Å². The number of carbonyl (C=O) groups excluding carboxylic acids is 1. The van der Waals surface area contributed by atoms with Crippen LogP contribution in [-0.4, -0.2) is 75.2 Å². The molecule has 0 aliphatic carbocycles. The van der Waals surface area contributed by atoms with E-state index in [0.717, 1.165) is 22.8 Å². The van der Waals surface area contributed by atoms with Gasteiger partial charge in [-0.25, -0.2) is 27.7 Å². The Labute approximate surface area is 223 Å². The maximum atomic E-state index is 13.8. The van der Waals surface area contributed by atoms with Crippen molar-refractivity contribution in [2.24, 2.45) is 0 Å².